The maximum Gasteiger partial charge on any atom is 0.326 e. The van der Waals surface area contributed by atoms with Gasteiger partial charge in [0.2, 0.25) is 0 Å². The lowest BCUT2D eigenvalue weighted by Gasteiger charge is -2.35. The molecule has 2 aromatic rings. The van der Waals surface area contributed by atoms with Gasteiger partial charge in [-0.05, 0) is 94.4 Å². The van der Waals surface area contributed by atoms with Crippen LogP contribution in [0.15, 0.2) is 24.4 Å². The molecule has 0 spiro atoms. The number of nitrogens with one attached hydrogen (secondary N) is 1. The molecule has 2 aliphatic rings. The van der Waals surface area contributed by atoms with Gasteiger partial charge in [0.25, 0.3) is 5.91 Å². The van der Waals surface area contributed by atoms with Crippen molar-refractivity contribution in [2.75, 3.05) is 6.61 Å². The minimum atomic E-state index is -1.06. The Morgan fingerprint density at radius 3 is 2.74 bits per heavy atom. The number of nitrogens with zero attached hydrogens (tertiary/aromatic N) is 2. The van der Waals surface area contributed by atoms with Crippen LogP contribution in [0.4, 0.5) is 0 Å². The van der Waals surface area contributed by atoms with Gasteiger partial charge in [0.1, 0.15) is 6.04 Å². The number of aliphatic carboxylic acids is 1. The Hall–Kier alpha value is -2.80. The summed E-state index contributed by atoms with van der Waals surface area (Å²) in [5, 5.41) is 12.2. The number of aromatic nitrogens is 2. The number of rotatable bonds is 10. The molecule has 1 saturated carbocycles. The van der Waals surface area contributed by atoms with Crippen molar-refractivity contribution in [3.05, 3.63) is 58.2 Å². The molecule has 0 bridgehead atoms. The summed E-state index contributed by atoms with van der Waals surface area (Å²) in [7, 11) is 0. The number of hydrogen-bond donors (Lipinski definition) is 2. The molecule has 7 heteroatoms. The number of amides is 1. The molecule has 0 radical (unpaired) electrons. The van der Waals surface area contributed by atoms with E-state index < -0.39 is 17.9 Å². The number of carboxylic acid groups (broad SMARTS) is 1. The molecule has 2 heterocycles. The van der Waals surface area contributed by atoms with Crippen molar-refractivity contribution in [2.24, 2.45) is 5.92 Å². The van der Waals surface area contributed by atoms with Crippen LogP contribution in [0, 0.1) is 19.8 Å². The quantitative estimate of drug-likeness (QED) is 0.551. The van der Waals surface area contributed by atoms with E-state index in [1.54, 1.807) is 19.2 Å². The van der Waals surface area contributed by atoms with Crippen LogP contribution in [0.3, 0.4) is 0 Å². The topological polar surface area (TPSA) is 101 Å². The van der Waals surface area contributed by atoms with Crippen molar-refractivity contribution in [2.45, 2.75) is 83.8 Å². The SMILES string of the molecule is Cc1ccnc(C)c1C(=O)N[C@@H](CCOC1CC(CCc2ccc3c(n2)CCCC3)C1)C(=O)O. The smallest absolute Gasteiger partial charge is 0.326 e. The van der Waals surface area contributed by atoms with Gasteiger partial charge in [-0.25, -0.2) is 4.79 Å². The summed E-state index contributed by atoms with van der Waals surface area (Å²) >= 11 is 0. The number of carboxylic acids is 1. The highest BCUT2D eigenvalue weighted by Crippen LogP contribution is 2.34. The van der Waals surface area contributed by atoms with Gasteiger partial charge in [0, 0.05) is 30.6 Å². The predicted octanol–water partition coefficient (Wildman–Crippen LogP) is 3.97. The fraction of sp³-hybridized carbons (Fsp3) is 0.556. The summed E-state index contributed by atoms with van der Waals surface area (Å²) in [6.07, 6.45) is 11.0. The van der Waals surface area contributed by atoms with Crippen LogP contribution in [-0.2, 0) is 28.8 Å². The summed E-state index contributed by atoms with van der Waals surface area (Å²) in [6, 6.07) is 5.21. The standard InChI is InChI=1S/C27H35N3O4/c1-17-11-13-28-18(2)25(17)26(31)30-24(27(32)33)12-14-34-22-15-19(16-22)7-9-21-10-8-20-5-3-4-6-23(20)29-21/h8,10-11,13,19,22,24H,3-7,9,12,14-16H2,1-2H3,(H,30,31)(H,32,33)/t19?,22?,24-/m0/s1. The van der Waals surface area contributed by atoms with E-state index in [4.69, 9.17) is 9.72 Å². The Morgan fingerprint density at radius 2 is 1.97 bits per heavy atom. The molecular weight excluding hydrogens is 430 g/mol. The van der Waals surface area contributed by atoms with Gasteiger partial charge < -0.3 is 15.2 Å². The molecule has 2 aliphatic carbocycles. The molecule has 1 atom stereocenters. The van der Waals surface area contributed by atoms with E-state index >= 15 is 0 Å². The monoisotopic (exact) mass is 465 g/mol. The fourth-order valence-electron chi connectivity index (χ4n) is 5.04. The first-order valence-corrected chi connectivity index (χ1v) is 12.5. The Balaban J connectivity index is 1.17. The van der Waals surface area contributed by atoms with Crippen LogP contribution in [0.1, 0.15) is 77.1 Å². The highest BCUT2D eigenvalue weighted by Gasteiger charge is 2.30. The van der Waals surface area contributed by atoms with E-state index in [2.05, 4.69) is 22.4 Å². The Bertz CT molecular complexity index is 1010. The summed E-state index contributed by atoms with van der Waals surface area (Å²) < 4.78 is 5.91. The number of hydrogen-bond acceptors (Lipinski definition) is 5. The molecule has 7 nitrogen and oxygen atoms in total. The zero-order valence-corrected chi connectivity index (χ0v) is 20.2. The minimum Gasteiger partial charge on any atom is -0.480 e. The maximum atomic E-state index is 12.6. The van der Waals surface area contributed by atoms with Crippen LogP contribution < -0.4 is 5.32 Å². The van der Waals surface area contributed by atoms with Gasteiger partial charge in [0.05, 0.1) is 17.4 Å². The second-order valence-electron chi connectivity index (χ2n) is 9.73. The average molecular weight is 466 g/mol. The number of pyridine rings is 2. The summed E-state index contributed by atoms with van der Waals surface area (Å²) in [4.78, 5) is 33.3. The molecule has 0 aliphatic heterocycles. The van der Waals surface area contributed by atoms with Gasteiger partial charge in [-0.2, -0.15) is 0 Å². The summed E-state index contributed by atoms with van der Waals surface area (Å²) in [5.74, 6) is -0.829. The molecule has 1 fully saturated rings. The second kappa shape index (κ2) is 11.1. The molecule has 0 aromatic carbocycles. The highest BCUT2D eigenvalue weighted by atomic mass is 16.5. The van der Waals surface area contributed by atoms with Gasteiger partial charge in [-0.1, -0.05) is 6.07 Å². The van der Waals surface area contributed by atoms with E-state index in [9.17, 15) is 14.7 Å². The van der Waals surface area contributed by atoms with Crippen LogP contribution >= 0.6 is 0 Å². The third kappa shape index (κ3) is 6.00. The lowest BCUT2D eigenvalue weighted by molar-refractivity contribution is -0.140. The molecule has 182 valence electrons. The molecular formula is C27H35N3O4. The van der Waals surface area contributed by atoms with Crippen LogP contribution in [0.5, 0.6) is 0 Å². The number of carbonyl (C=O) groups excluding carboxylic acids is 1. The predicted molar refractivity (Wildman–Crippen MR) is 129 cm³/mol. The van der Waals surface area contributed by atoms with Crippen molar-refractivity contribution in [3.63, 3.8) is 0 Å². The maximum absolute atomic E-state index is 12.6. The first kappa shape index (κ1) is 24.3. The van der Waals surface area contributed by atoms with E-state index in [0.29, 0.717) is 23.8 Å². The largest absolute Gasteiger partial charge is 0.480 e. The third-order valence-electron chi connectivity index (χ3n) is 7.18. The zero-order valence-electron chi connectivity index (χ0n) is 20.2. The summed E-state index contributed by atoms with van der Waals surface area (Å²) in [6.45, 7) is 3.87. The molecule has 2 N–H and O–H groups in total. The van der Waals surface area contributed by atoms with Gasteiger partial charge >= 0.3 is 5.97 Å². The first-order valence-electron chi connectivity index (χ1n) is 12.5. The van der Waals surface area contributed by atoms with Crippen molar-refractivity contribution in [1.82, 2.24) is 15.3 Å². The van der Waals surface area contributed by atoms with Gasteiger partial charge in [-0.3, -0.25) is 14.8 Å². The highest BCUT2D eigenvalue weighted by molar-refractivity contribution is 5.98. The van der Waals surface area contributed by atoms with Crippen LogP contribution in [-0.4, -0.2) is 45.7 Å². The first-order chi connectivity index (χ1) is 16.4. The Morgan fingerprint density at radius 1 is 1.18 bits per heavy atom. The fourth-order valence-corrected chi connectivity index (χ4v) is 5.04. The minimum absolute atomic E-state index is 0.175. The Labute approximate surface area is 201 Å². The molecule has 0 saturated heterocycles. The van der Waals surface area contributed by atoms with Crippen molar-refractivity contribution >= 4 is 11.9 Å². The van der Waals surface area contributed by atoms with Gasteiger partial charge in [-0.15, -0.1) is 0 Å². The lowest BCUT2D eigenvalue weighted by Crippen LogP contribution is -2.42. The molecule has 0 unspecified atom stereocenters. The van der Waals surface area contributed by atoms with Gasteiger partial charge in [0.15, 0.2) is 0 Å². The van der Waals surface area contributed by atoms with Crippen LogP contribution in [0.25, 0.3) is 0 Å². The number of ether oxygens (including phenoxy) is 1. The lowest BCUT2D eigenvalue weighted by atomic mass is 9.79. The second-order valence-corrected chi connectivity index (χ2v) is 9.73. The van der Waals surface area contributed by atoms with Crippen molar-refractivity contribution in [1.29, 1.82) is 0 Å². The molecule has 2 aromatic heterocycles. The van der Waals surface area contributed by atoms with E-state index in [1.807, 2.05) is 6.92 Å². The van der Waals surface area contributed by atoms with E-state index in [-0.39, 0.29) is 12.5 Å². The average Bonchev–Trinajstić information content (AvgIpc) is 2.78. The van der Waals surface area contributed by atoms with E-state index in [1.165, 1.54) is 36.2 Å². The molecule has 4 rings (SSSR count). The zero-order chi connectivity index (χ0) is 24.1. The van der Waals surface area contributed by atoms with Crippen molar-refractivity contribution in [3.8, 4) is 0 Å². The normalized spacial score (nSPS) is 20.2. The number of carbonyl (C=O) groups is 2. The number of fused-ring (bicyclic) bond motifs is 1. The third-order valence-corrected chi connectivity index (χ3v) is 7.18. The molecule has 1 amide bonds. The van der Waals surface area contributed by atoms with Crippen molar-refractivity contribution < 1.29 is 19.4 Å². The Kier molecular flexibility index (Phi) is 7.93. The molecule has 34 heavy (non-hydrogen) atoms. The summed E-state index contributed by atoms with van der Waals surface area (Å²) in [5.41, 5.74) is 5.72. The number of aryl methyl sites for hydroxylation is 5. The van der Waals surface area contributed by atoms with Crippen LogP contribution in [0.2, 0.25) is 0 Å². The van der Waals surface area contributed by atoms with E-state index in [0.717, 1.165) is 37.7 Å².